The summed E-state index contributed by atoms with van der Waals surface area (Å²) in [5.41, 5.74) is 3.92. The molecule has 0 fully saturated rings. The summed E-state index contributed by atoms with van der Waals surface area (Å²) in [6, 6.07) is 9.82. The largest absolute Gasteiger partial charge is 0.418 e. The summed E-state index contributed by atoms with van der Waals surface area (Å²) in [5.74, 6) is 1.29. The fourth-order valence-electron chi connectivity index (χ4n) is 2.57. The summed E-state index contributed by atoms with van der Waals surface area (Å²) < 4.78 is 7.81. The van der Waals surface area contributed by atoms with Gasteiger partial charge in [0.25, 0.3) is 5.71 Å². The molecule has 0 bridgehead atoms. The number of nitrogens with zero attached hydrogens (tertiary/aromatic N) is 4. The highest BCUT2D eigenvalue weighted by molar-refractivity contribution is 6.03. The van der Waals surface area contributed by atoms with Gasteiger partial charge in [0.1, 0.15) is 11.0 Å². The van der Waals surface area contributed by atoms with Crippen molar-refractivity contribution in [3.63, 3.8) is 0 Å². The third-order valence-corrected chi connectivity index (χ3v) is 3.57. The molecular formula is C16H15N5O. The number of rotatable bonds is 3. The SMILES string of the molecule is CCNc1nc2oc(-c3ccccc3)nc2c2c1ncn2C. The molecule has 0 radical (unpaired) electrons. The van der Waals surface area contributed by atoms with Gasteiger partial charge in [-0.15, -0.1) is 0 Å². The number of anilines is 1. The summed E-state index contributed by atoms with van der Waals surface area (Å²) in [6.07, 6.45) is 1.77. The number of hydrogen-bond acceptors (Lipinski definition) is 5. The number of oxazole rings is 1. The van der Waals surface area contributed by atoms with Crippen LogP contribution in [0.4, 0.5) is 5.82 Å². The molecule has 0 aliphatic heterocycles. The fraction of sp³-hybridized carbons (Fsp3) is 0.188. The molecule has 0 unspecified atom stereocenters. The summed E-state index contributed by atoms with van der Waals surface area (Å²) in [4.78, 5) is 13.6. The van der Waals surface area contributed by atoms with Crippen LogP contribution in [-0.4, -0.2) is 26.1 Å². The van der Waals surface area contributed by atoms with Crippen LogP contribution in [0.15, 0.2) is 41.1 Å². The summed E-state index contributed by atoms with van der Waals surface area (Å²) in [7, 11) is 1.95. The topological polar surface area (TPSA) is 68.8 Å². The third-order valence-electron chi connectivity index (χ3n) is 3.57. The second-order valence-electron chi connectivity index (χ2n) is 5.08. The zero-order chi connectivity index (χ0) is 15.1. The van der Waals surface area contributed by atoms with Crippen LogP contribution in [0.5, 0.6) is 0 Å². The van der Waals surface area contributed by atoms with Crippen molar-refractivity contribution in [3.8, 4) is 11.5 Å². The molecule has 6 heteroatoms. The van der Waals surface area contributed by atoms with Crippen molar-refractivity contribution in [3.05, 3.63) is 36.7 Å². The lowest BCUT2D eigenvalue weighted by Gasteiger charge is -2.03. The van der Waals surface area contributed by atoms with Crippen molar-refractivity contribution in [2.24, 2.45) is 7.05 Å². The molecule has 0 aliphatic rings. The van der Waals surface area contributed by atoms with E-state index in [0.717, 1.165) is 34.5 Å². The fourth-order valence-corrected chi connectivity index (χ4v) is 2.57. The number of fused-ring (bicyclic) bond motifs is 3. The number of aryl methyl sites for hydroxylation is 1. The molecule has 0 aliphatic carbocycles. The van der Waals surface area contributed by atoms with Crippen molar-refractivity contribution in [1.82, 2.24) is 19.5 Å². The van der Waals surface area contributed by atoms with E-state index in [1.165, 1.54) is 0 Å². The maximum absolute atomic E-state index is 5.87. The first-order chi connectivity index (χ1) is 10.8. The lowest BCUT2D eigenvalue weighted by Crippen LogP contribution is -2.00. The second kappa shape index (κ2) is 4.84. The molecule has 0 saturated heterocycles. The second-order valence-corrected chi connectivity index (χ2v) is 5.08. The third kappa shape index (κ3) is 1.84. The van der Waals surface area contributed by atoms with Crippen LogP contribution >= 0.6 is 0 Å². The number of pyridine rings is 1. The molecule has 6 nitrogen and oxygen atoms in total. The van der Waals surface area contributed by atoms with E-state index in [0.29, 0.717) is 11.6 Å². The maximum atomic E-state index is 5.87. The Balaban J connectivity index is 2.03. The van der Waals surface area contributed by atoms with Crippen LogP contribution in [0, 0.1) is 0 Å². The van der Waals surface area contributed by atoms with Gasteiger partial charge in [0.2, 0.25) is 5.89 Å². The monoisotopic (exact) mass is 293 g/mol. The van der Waals surface area contributed by atoms with Crippen LogP contribution in [0.2, 0.25) is 0 Å². The molecule has 22 heavy (non-hydrogen) atoms. The first-order valence-electron chi connectivity index (χ1n) is 7.18. The lowest BCUT2D eigenvalue weighted by atomic mass is 10.2. The molecule has 3 heterocycles. The molecular weight excluding hydrogens is 278 g/mol. The molecule has 1 N–H and O–H groups in total. The highest BCUT2D eigenvalue weighted by Gasteiger charge is 2.18. The van der Waals surface area contributed by atoms with E-state index in [2.05, 4.69) is 20.3 Å². The zero-order valence-corrected chi connectivity index (χ0v) is 12.4. The Kier molecular flexibility index (Phi) is 2.82. The van der Waals surface area contributed by atoms with Crippen LogP contribution in [-0.2, 0) is 7.05 Å². The molecule has 110 valence electrons. The quantitative estimate of drug-likeness (QED) is 0.628. The smallest absolute Gasteiger partial charge is 0.251 e. The Morgan fingerprint density at radius 3 is 2.73 bits per heavy atom. The molecule has 0 spiro atoms. The van der Waals surface area contributed by atoms with Gasteiger partial charge in [-0.3, -0.25) is 0 Å². The van der Waals surface area contributed by atoms with E-state index in [1.807, 2.05) is 48.9 Å². The van der Waals surface area contributed by atoms with Crippen LogP contribution in [0.1, 0.15) is 6.92 Å². The van der Waals surface area contributed by atoms with Crippen molar-refractivity contribution in [2.75, 3.05) is 11.9 Å². The van der Waals surface area contributed by atoms with Crippen LogP contribution < -0.4 is 5.32 Å². The number of nitrogens with one attached hydrogen (secondary N) is 1. The molecule has 1 aromatic carbocycles. The van der Waals surface area contributed by atoms with E-state index in [9.17, 15) is 0 Å². The lowest BCUT2D eigenvalue weighted by molar-refractivity contribution is 0.608. The predicted molar refractivity (Wildman–Crippen MR) is 85.7 cm³/mol. The van der Waals surface area contributed by atoms with Gasteiger partial charge in [0, 0.05) is 19.2 Å². The van der Waals surface area contributed by atoms with Gasteiger partial charge in [-0.1, -0.05) is 18.2 Å². The maximum Gasteiger partial charge on any atom is 0.251 e. The Labute approximate surface area is 126 Å². The summed E-state index contributed by atoms with van der Waals surface area (Å²) >= 11 is 0. The van der Waals surface area contributed by atoms with Crippen molar-refractivity contribution in [1.29, 1.82) is 0 Å². The zero-order valence-electron chi connectivity index (χ0n) is 12.4. The molecule has 3 aromatic heterocycles. The Morgan fingerprint density at radius 1 is 1.14 bits per heavy atom. The molecule has 0 atom stereocenters. The minimum atomic E-state index is 0.519. The van der Waals surface area contributed by atoms with Crippen LogP contribution in [0.3, 0.4) is 0 Å². The number of hydrogen-bond donors (Lipinski definition) is 1. The molecule has 4 rings (SSSR count). The number of imidazole rings is 1. The van der Waals surface area contributed by atoms with Gasteiger partial charge in [-0.25, -0.2) is 9.97 Å². The Morgan fingerprint density at radius 2 is 1.95 bits per heavy atom. The summed E-state index contributed by atoms with van der Waals surface area (Å²) in [6.45, 7) is 2.79. The van der Waals surface area contributed by atoms with Gasteiger partial charge in [-0.05, 0) is 19.1 Å². The van der Waals surface area contributed by atoms with Crippen molar-refractivity contribution >= 4 is 28.1 Å². The normalized spacial score (nSPS) is 11.4. The minimum Gasteiger partial charge on any atom is -0.418 e. The van der Waals surface area contributed by atoms with Crippen molar-refractivity contribution in [2.45, 2.75) is 6.92 Å². The van der Waals surface area contributed by atoms with E-state index in [-0.39, 0.29) is 0 Å². The predicted octanol–water partition coefficient (Wildman–Crippen LogP) is 3.21. The van der Waals surface area contributed by atoms with E-state index in [4.69, 9.17) is 4.42 Å². The highest BCUT2D eigenvalue weighted by Crippen LogP contribution is 2.31. The number of aromatic nitrogens is 4. The van der Waals surface area contributed by atoms with Crippen molar-refractivity contribution < 1.29 is 4.42 Å². The first kappa shape index (κ1) is 12.8. The highest BCUT2D eigenvalue weighted by atomic mass is 16.4. The van der Waals surface area contributed by atoms with Gasteiger partial charge in [0.05, 0.1) is 6.33 Å². The van der Waals surface area contributed by atoms with Gasteiger partial charge >= 0.3 is 0 Å². The molecule has 4 aromatic rings. The molecule has 0 amide bonds. The average Bonchev–Trinajstić information content (AvgIpc) is 3.12. The Bertz CT molecular complexity index is 955. The number of benzene rings is 1. The van der Waals surface area contributed by atoms with Crippen LogP contribution in [0.25, 0.3) is 33.7 Å². The van der Waals surface area contributed by atoms with E-state index >= 15 is 0 Å². The summed E-state index contributed by atoms with van der Waals surface area (Å²) in [5, 5.41) is 3.23. The average molecular weight is 293 g/mol. The van der Waals surface area contributed by atoms with Gasteiger partial charge in [0.15, 0.2) is 11.3 Å². The van der Waals surface area contributed by atoms with Gasteiger partial charge in [-0.2, -0.15) is 4.98 Å². The minimum absolute atomic E-state index is 0.519. The molecule has 0 saturated carbocycles. The van der Waals surface area contributed by atoms with E-state index in [1.54, 1.807) is 6.33 Å². The van der Waals surface area contributed by atoms with Gasteiger partial charge < -0.3 is 14.3 Å². The Hall–Kier alpha value is -2.89. The first-order valence-corrected chi connectivity index (χ1v) is 7.18. The standard InChI is InChI=1S/C16H15N5O/c1-3-17-14-11-13(21(2)9-18-11)12-16(20-14)22-15(19-12)10-7-5-4-6-8-10/h4-9H,3H2,1-2H3,(H,17,20). The van der Waals surface area contributed by atoms with E-state index < -0.39 is 0 Å².